The molecule has 0 saturated heterocycles. The molecule has 0 fully saturated rings. The minimum absolute atomic E-state index is 0.180. The summed E-state index contributed by atoms with van der Waals surface area (Å²) in [6, 6.07) is 6.73. The van der Waals surface area contributed by atoms with Crippen LogP contribution in [0.4, 0.5) is 0 Å². The Balaban J connectivity index is 2.12. The van der Waals surface area contributed by atoms with Crippen molar-refractivity contribution in [2.24, 2.45) is 4.99 Å². The molecule has 0 aliphatic rings. The van der Waals surface area contributed by atoms with Gasteiger partial charge in [-0.2, -0.15) is 10.4 Å². The molecule has 2 rings (SSSR count). The van der Waals surface area contributed by atoms with Crippen molar-refractivity contribution >= 4 is 5.96 Å². The minimum Gasteiger partial charge on any atom is -0.493 e. The van der Waals surface area contributed by atoms with E-state index in [1.165, 1.54) is 10.7 Å². The van der Waals surface area contributed by atoms with E-state index >= 15 is 0 Å². The van der Waals surface area contributed by atoms with Gasteiger partial charge in [0, 0.05) is 31.8 Å². The number of nitrogens with zero attached hydrogens (tertiary/aromatic N) is 4. The van der Waals surface area contributed by atoms with E-state index in [1.807, 2.05) is 6.19 Å². The summed E-state index contributed by atoms with van der Waals surface area (Å²) in [5, 5.41) is 18.6. The van der Waals surface area contributed by atoms with Gasteiger partial charge >= 0.3 is 0 Å². The van der Waals surface area contributed by atoms with Gasteiger partial charge < -0.3 is 19.5 Å². The molecule has 10 nitrogen and oxygen atoms in total. The molecule has 1 heterocycles. The first-order chi connectivity index (χ1) is 14.6. The number of unbranched alkanes of at least 4 members (excludes halogenated alkanes) is 1. The Morgan fingerprint density at radius 1 is 1.17 bits per heavy atom. The Morgan fingerprint density at radius 2 is 1.87 bits per heavy atom. The van der Waals surface area contributed by atoms with E-state index < -0.39 is 0 Å². The fourth-order valence-electron chi connectivity index (χ4n) is 2.82. The number of benzene rings is 1. The first-order valence-corrected chi connectivity index (χ1v) is 9.32. The van der Waals surface area contributed by atoms with Gasteiger partial charge in [-0.15, -0.1) is 0 Å². The van der Waals surface area contributed by atoms with Gasteiger partial charge in [-0.05, 0) is 31.0 Å². The molecule has 0 atom stereocenters. The van der Waals surface area contributed by atoms with Crippen molar-refractivity contribution in [2.75, 3.05) is 34.9 Å². The number of hydrogen-bond donors (Lipinski definition) is 2. The van der Waals surface area contributed by atoms with Gasteiger partial charge in [0.2, 0.25) is 11.7 Å². The second kappa shape index (κ2) is 11.3. The van der Waals surface area contributed by atoms with Crippen molar-refractivity contribution in [3.63, 3.8) is 0 Å². The average Bonchev–Trinajstić information content (AvgIpc) is 2.78. The largest absolute Gasteiger partial charge is 0.493 e. The number of nitriles is 1. The monoisotopic (exact) mass is 414 g/mol. The Labute approximate surface area is 175 Å². The Morgan fingerprint density at radius 3 is 2.43 bits per heavy atom. The van der Waals surface area contributed by atoms with Crippen molar-refractivity contribution in [3.05, 3.63) is 34.6 Å². The third-order valence-corrected chi connectivity index (χ3v) is 4.31. The van der Waals surface area contributed by atoms with Gasteiger partial charge in [0.15, 0.2) is 17.7 Å². The van der Waals surface area contributed by atoms with E-state index in [2.05, 4.69) is 20.7 Å². The predicted octanol–water partition coefficient (Wildman–Crippen LogP) is 1.36. The number of rotatable bonds is 9. The Hall–Kier alpha value is -3.74. The van der Waals surface area contributed by atoms with Crippen molar-refractivity contribution in [1.82, 2.24) is 20.4 Å². The van der Waals surface area contributed by atoms with Crippen LogP contribution in [-0.2, 0) is 6.54 Å². The van der Waals surface area contributed by atoms with Gasteiger partial charge in [-0.3, -0.25) is 15.1 Å². The van der Waals surface area contributed by atoms with Crippen LogP contribution in [0.15, 0.2) is 34.1 Å². The molecule has 160 valence electrons. The van der Waals surface area contributed by atoms with Gasteiger partial charge in [0.25, 0.3) is 5.56 Å². The maximum Gasteiger partial charge on any atom is 0.266 e. The van der Waals surface area contributed by atoms with Crippen LogP contribution >= 0.6 is 0 Å². The van der Waals surface area contributed by atoms with E-state index in [0.717, 1.165) is 18.4 Å². The lowest BCUT2D eigenvalue weighted by atomic mass is 10.1. The lowest BCUT2D eigenvalue weighted by molar-refractivity contribution is 0.324. The smallest absolute Gasteiger partial charge is 0.266 e. The van der Waals surface area contributed by atoms with Crippen LogP contribution in [0.25, 0.3) is 11.3 Å². The molecule has 0 aliphatic carbocycles. The second-order valence-electron chi connectivity index (χ2n) is 6.14. The van der Waals surface area contributed by atoms with Crippen molar-refractivity contribution < 1.29 is 14.2 Å². The molecule has 1 aromatic carbocycles. The van der Waals surface area contributed by atoms with E-state index in [1.54, 1.807) is 46.6 Å². The summed E-state index contributed by atoms with van der Waals surface area (Å²) in [5.41, 5.74) is 1.18. The van der Waals surface area contributed by atoms with E-state index in [4.69, 9.17) is 19.5 Å². The first-order valence-electron chi connectivity index (χ1n) is 9.32. The quantitative estimate of drug-likeness (QED) is 0.207. The van der Waals surface area contributed by atoms with Crippen LogP contribution in [0.1, 0.15) is 12.8 Å². The molecule has 1 aromatic heterocycles. The van der Waals surface area contributed by atoms with Gasteiger partial charge in [0.05, 0.1) is 27.0 Å². The van der Waals surface area contributed by atoms with Crippen molar-refractivity contribution in [1.29, 1.82) is 5.26 Å². The molecule has 0 unspecified atom stereocenters. The molecule has 2 aromatic rings. The molecule has 30 heavy (non-hydrogen) atoms. The summed E-state index contributed by atoms with van der Waals surface area (Å²) in [5.74, 6) is 1.93. The molecule has 2 N–H and O–H groups in total. The minimum atomic E-state index is -0.180. The predicted molar refractivity (Wildman–Crippen MR) is 113 cm³/mol. The summed E-state index contributed by atoms with van der Waals surface area (Å²) < 4.78 is 17.6. The summed E-state index contributed by atoms with van der Waals surface area (Å²) in [4.78, 5) is 16.1. The van der Waals surface area contributed by atoms with Crippen LogP contribution in [0.3, 0.4) is 0 Å². The SMILES string of the molecule is CN=C(NC#N)NCCCCn1nc(-c2cc(OC)c(OC)c(OC)c2)ccc1=O. The third kappa shape index (κ3) is 5.64. The van der Waals surface area contributed by atoms with Gasteiger partial charge in [0.1, 0.15) is 0 Å². The van der Waals surface area contributed by atoms with Crippen LogP contribution in [-0.4, -0.2) is 50.7 Å². The fraction of sp³-hybridized carbons (Fsp3) is 0.400. The second-order valence-corrected chi connectivity index (χ2v) is 6.14. The zero-order valence-corrected chi connectivity index (χ0v) is 17.6. The lowest BCUT2D eigenvalue weighted by Crippen LogP contribution is -2.35. The van der Waals surface area contributed by atoms with E-state index in [-0.39, 0.29) is 5.56 Å². The molecule has 10 heteroatoms. The average molecular weight is 414 g/mol. The highest BCUT2D eigenvalue weighted by atomic mass is 16.5. The van der Waals surface area contributed by atoms with E-state index in [0.29, 0.717) is 42.0 Å². The van der Waals surface area contributed by atoms with Gasteiger partial charge in [-0.25, -0.2) is 4.68 Å². The van der Waals surface area contributed by atoms with Crippen LogP contribution in [0.5, 0.6) is 17.2 Å². The summed E-state index contributed by atoms with van der Waals surface area (Å²) in [7, 11) is 6.22. The standard InChI is InChI=1S/C20H26N6O4/c1-22-20(24-13-21)23-9-5-6-10-26-18(27)8-7-15(25-26)14-11-16(28-2)19(30-4)17(12-14)29-3/h7-8,11-12H,5-6,9-10H2,1-4H3,(H2,22,23,24). The number of guanidine groups is 1. The highest BCUT2D eigenvalue weighted by Gasteiger charge is 2.15. The normalized spacial score (nSPS) is 10.8. The maximum absolute atomic E-state index is 12.2. The number of nitrogens with one attached hydrogen (secondary N) is 2. The summed E-state index contributed by atoms with van der Waals surface area (Å²) in [6.45, 7) is 1.08. The van der Waals surface area contributed by atoms with Crippen LogP contribution in [0, 0.1) is 11.5 Å². The van der Waals surface area contributed by atoms with Crippen LogP contribution in [0.2, 0.25) is 0 Å². The highest BCUT2D eigenvalue weighted by molar-refractivity contribution is 5.80. The number of aryl methyl sites for hydroxylation is 1. The summed E-state index contributed by atoms with van der Waals surface area (Å²) in [6.07, 6.45) is 3.31. The molecule has 0 aliphatic heterocycles. The lowest BCUT2D eigenvalue weighted by Gasteiger charge is -2.14. The number of aliphatic imine (C=N–C) groups is 1. The fourth-order valence-corrected chi connectivity index (χ4v) is 2.82. The van der Waals surface area contributed by atoms with E-state index in [9.17, 15) is 4.79 Å². The first kappa shape index (κ1) is 22.5. The number of methoxy groups -OCH3 is 3. The molecule has 0 spiro atoms. The zero-order chi connectivity index (χ0) is 21.9. The highest BCUT2D eigenvalue weighted by Crippen LogP contribution is 2.40. The Bertz CT molecular complexity index is 955. The third-order valence-electron chi connectivity index (χ3n) is 4.31. The maximum atomic E-state index is 12.2. The molecule has 0 radical (unpaired) electrons. The topological polar surface area (TPSA) is 123 Å². The number of hydrogen-bond acceptors (Lipinski definition) is 7. The van der Waals surface area contributed by atoms with Crippen molar-refractivity contribution in [2.45, 2.75) is 19.4 Å². The molecule has 0 amide bonds. The van der Waals surface area contributed by atoms with Gasteiger partial charge in [-0.1, -0.05) is 0 Å². The molecule has 0 bridgehead atoms. The molecule has 0 saturated carbocycles. The van der Waals surface area contributed by atoms with Crippen molar-refractivity contribution in [3.8, 4) is 34.7 Å². The summed E-state index contributed by atoms with van der Waals surface area (Å²) >= 11 is 0. The molecular weight excluding hydrogens is 388 g/mol. The Kier molecular flexibility index (Phi) is 8.50. The zero-order valence-electron chi connectivity index (χ0n) is 17.6. The van der Waals surface area contributed by atoms with Crippen LogP contribution < -0.4 is 30.4 Å². The number of aromatic nitrogens is 2. The number of ether oxygens (including phenoxy) is 3. The molecular formula is C20H26N6O4.